The van der Waals surface area contributed by atoms with Gasteiger partial charge in [-0.2, -0.15) is 0 Å². The van der Waals surface area contributed by atoms with Gasteiger partial charge in [-0.25, -0.2) is 4.39 Å². The predicted octanol–water partition coefficient (Wildman–Crippen LogP) is 6.05. The lowest BCUT2D eigenvalue weighted by Crippen LogP contribution is -1.99. The van der Waals surface area contributed by atoms with Crippen LogP contribution in [0.1, 0.15) is 18.4 Å². The van der Waals surface area contributed by atoms with Gasteiger partial charge in [-0.15, -0.1) is 0 Å². The van der Waals surface area contributed by atoms with E-state index in [4.69, 9.17) is 10.5 Å². The number of aryl methyl sites for hydroxylation is 1. The molecule has 4 aromatic rings. The van der Waals surface area contributed by atoms with Crippen molar-refractivity contribution in [3.8, 4) is 22.8 Å². The molecule has 0 atom stereocenters. The van der Waals surface area contributed by atoms with Crippen molar-refractivity contribution in [1.82, 2.24) is 4.98 Å². The van der Waals surface area contributed by atoms with Gasteiger partial charge in [-0.05, 0) is 73.8 Å². The number of aromatic amines is 1. The summed E-state index contributed by atoms with van der Waals surface area (Å²) in [6, 6.07) is 22.6. The summed E-state index contributed by atoms with van der Waals surface area (Å²) in [6.45, 7) is 0.659. The van der Waals surface area contributed by atoms with Gasteiger partial charge in [0.2, 0.25) is 0 Å². The van der Waals surface area contributed by atoms with Crippen LogP contribution in [0.15, 0.2) is 72.8 Å². The van der Waals surface area contributed by atoms with Gasteiger partial charge >= 0.3 is 0 Å². The van der Waals surface area contributed by atoms with Gasteiger partial charge < -0.3 is 15.5 Å². The van der Waals surface area contributed by atoms with Crippen LogP contribution < -0.4 is 10.5 Å². The van der Waals surface area contributed by atoms with Gasteiger partial charge in [-0.3, -0.25) is 0 Å². The third-order valence-electron chi connectivity index (χ3n) is 4.85. The van der Waals surface area contributed by atoms with E-state index in [1.807, 2.05) is 54.6 Å². The number of para-hydroxylation sites is 1. The zero-order valence-electron chi connectivity index (χ0n) is 15.6. The maximum atomic E-state index is 13.9. The first-order valence-electron chi connectivity index (χ1n) is 9.58. The average Bonchev–Trinajstić information content (AvgIpc) is 3.07. The highest BCUT2D eigenvalue weighted by molar-refractivity contribution is 5.91. The molecule has 3 aromatic carbocycles. The van der Waals surface area contributed by atoms with Crippen LogP contribution >= 0.6 is 0 Å². The number of nitrogens with two attached hydrogens (primary N) is 1. The quantitative estimate of drug-likeness (QED) is 0.387. The van der Waals surface area contributed by atoms with Crippen LogP contribution in [0, 0.1) is 5.82 Å². The number of rotatable bonds is 7. The summed E-state index contributed by atoms with van der Waals surface area (Å²) in [6.07, 6.45) is 2.76. The van der Waals surface area contributed by atoms with E-state index in [1.54, 1.807) is 12.1 Å². The van der Waals surface area contributed by atoms with E-state index in [2.05, 4.69) is 4.98 Å². The minimum atomic E-state index is -0.223. The molecule has 0 fully saturated rings. The lowest BCUT2D eigenvalue weighted by Gasteiger charge is -2.09. The average molecular weight is 374 g/mol. The number of halogens is 1. The van der Waals surface area contributed by atoms with Crippen LogP contribution in [0.25, 0.3) is 22.2 Å². The fraction of sp³-hybridized carbons (Fsp3) is 0.167. The fourth-order valence-corrected chi connectivity index (χ4v) is 3.51. The van der Waals surface area contributed by atoms with E-state index < -0.39 is 0 Å². The van der Waals surface area contributed by atoms with Crippen molar-refractivity contribution in [2.45, 2.75) is 19.3 Å². The Morgan fingerprint density at radius 2 is 1.68 bits per heavy atom. The molecule has 0 radical (unpaired) electrons. The maximum Gasteiger partial charge on any atom is 0.128 e. The molecule has 0 amide bonds. The Bertz CT molecular complexity index is 1070. The van der Waals surface area contributed by atoms with Gasteiger partial charge in [0.1, 0.15) is 17.3 Å². The molecule has 4 heteroatoms. The van der Waals surface area contributed by atoms with Gasteiger partial charge in [0, 0.05) is 22.2 Å². The molecule has 0 aliphatic carbocycles. The molecule has 28 heavy (non-hydrogen) atoms. The molecule has 1 heterocycles. The summed E-state index contributed by atoms with van der Waals surface area (Å²) in [4.78, 5) is 3.47. The first-order valence-corrected chi connectivity index (χ1v) is 9.58. The molecular weight excluding hydrogens is 351 g/mol. The summed E-state index contributed by atoms with van der Waals surface area (Å²) in [5.74, 6) is 1.34. The van der Waals surface area contributed by atoms with E-state index in [1.165, 1.54) is 6.07 Å². The largest absolute Gasteiger partial charge is 0.457 e. The molecule has 0 saturated carbocycles. The zero-order chi connectivity index (χ0) is 19.3. The number of ether oxygens (including phenoxy) is 1. The van der Waals surface area contributed by atoms with Gasteiger partial charge in [-0.1, -0.05) is 30.3 Å². The second kappa shape index (κ2) is 8.28. The van der Waals surface area contributed by atoms with Crippen LogP contribution in [-0.4, -0.2) is 11.5 Å². The fourth-order valence-electron chi connectivity index (χ4n) is 3.51. The van der Waals surface area contributed by atoms with Crippen molar-refractivity contribution in [3.63, 3.8) is 0 Å². The van der Waals surface area contributed by atoms with Crippen LogP contribution in [0.2, 0.25) is 0 Å². The summed E-state index contributed by atoms with van der Waals surface area (Å²) < 4.78 is 19.9. The Labute approximate surface area is 164 Å². The van der Waals surface area contributed by atoms with Gasteiger partial charge in [0.25, 0.3) is 0 Å². The molecule has 3 nitrogen and oxygen atoms in total. The highest BCUT2D eigenvalue weighted by Gasteiger charge is 2.14. The number of aromatic nitrogens is 1. The third-order valence-corrected chi connectivity index (χ3v) is 4.85. The predicted molar refractivity (Wildman–Crippen MR) is 112 cm³/mol. The number of H-pyrrole nitrogens is 1. The van der Waals surface area contributed by atoms with Crippen molar-refractivity contribution in [3.05, 3.63) is 84.2 Å². The van der Waals surface area contributed by atoms with E-state index in [0.29, 0.717) is 6.54 Å². The van der Waals surface area contributed by atoms with Gasteiger partial charge in [0.05, 0.1) is 0 Å². The van der Waals surface area contributed by atoms with E-state index in [0.717, 1.165) is 58.5 Å². The molecule has 0 bridgehead atoms. The maximum absolute atomic E-state index is 13.9. The number of hydrogen-bond donors (Lipinski definition) is 2. The topological polar surface area (TPSA) is 51.0 Å². The van der Waals surface area contributed by atoms with Crippen LogP contribution in [0.5, 0.6) is 11.5 Å². The number of unbranched alkanes of at least 4 members (excludes halogenated alkanes) is 1. The summed E-state index contributed by atoms with van der Waals surface area (Å²) in [5, 5.41) is 0.932. The van der Waals surface area contributed by atoms with Crippen molar-refractivity contribution in [2.75, 3.05) is 6.54 Å². The third kappa shape index (κ3) is 3.92. The summed E-state index contributed by atoms with van der Waals surface area (Å²) >= 11 is 0. The first-order chi connectivity index (χ1) is 13.7. The number of nitrogens with one attached hydrogen (secondary N) is 1. The highest BCUT2D eigenvalue weighted by atomic mass is 19.1. The van der Waals surface area contributed by atoms with E-state index >= 15 is 0 Å². The van der Waals surface area contributed by atoms with Crippen molar-refractivity contribution < 1.29 is 9.13 Å². The summed E-state index contributed by atoms with van der Waals surface area (Å²) in [5.41, 5.74) is 9.76. The number of benzene rings is 3. The van der Waals surface area contributed by atoms with E-state index in [-0.39, 0.29) is 5.82 Å². The van der Waals surface area contributed by atoms with Crippen molar-refractivity contribution in [1.29, 1.82) is 0 Å². The Morgan fingerprint density at radius 1 is 0.857 bits per heavy atom. The Morgan fingerprint density at radius 3 is 2.50 bits per heavy atom. The second-order valence-electron chi connectivity index (χ2n) is 6.86. The van der Waals surface area contributed by atoms with Crippen molar-refractivity contribution >= 4 is 10.9 Å². The molecule has 0 saturated heterocycles. The second-order valence-corrected chi connectivity index (χ2v) is 6.86. The Kier molecular flexibility index (Phi) is 5.40. The van der Waals surface area contributed by atoms with Crippen LogP contribution in [-0.2, 0) is 6.42 Å². The molecule has 142 valence electrons. The monoisotopic (exact) mass is 374 g/mol. The van der Waals surface area contributed by atoms with Crippen LogP contribution in [0.4, 0.5) is 4.39 Å². The molecule has 4 rings (SSSR count). The Hall–Kier alpha value is -3.11. The molecular formula is C24H23FN2O. The minimum absolute atomic E-state index is 0.223. The minimum Gasteiger partial charge on any atom is -0.457 e. The standard InChI is InChI=1S/C24H23FN2O/c25-18-12-13-23-22(16-18)21(11-4-5-14-26)24(27-23)17-7-6-10-20(15-17)28-19-8-2-1-3-9-19/h1-3,6-10,12-13,15-16,27H,4-5,11,14,26H2. The zero-order valence-corrected chi connectivity index (χ0v) is 15.6. The normalized spacial score (nSPS) is 11.1. The molecule has 1 aromatic heterocycles. The number of hydrogen-bond acceptors (Lipinski definition) is 2. The summed E-state index contributed by atoms with van der Waals surface area (Å²) in [7, 11) is 0. The van der Waals surface area contributed by atoms with E-state index in [9.17, 15) is 4.39 Å². The first kappa shape index (κ1) is 18.3. The van der Waals surface area contributed by atoms with Gasteiger partial charge in [0.15, 0.2) is 0 Å². The molecule has 3 N–H and O–H groups in total. The molecule has 0 aliphatic rings. The molecule has 0 spiro atoms. The lowest BCUT2D eigenvalue weighted by molar-refractivity contribution is 0.483. The highest BCUT2D eigenvalue weighted by Crippen LogP contribution is 2.34. The SMILES string of the molecule is NCCCCc1c(-c2cccc(Oc3ccccc3)c2)[nH]c2ccc(F)cc12. The van der Waals surface area contributed by atoms with Crippen LogP contribution in [0.3, 0.4) is 0 Å². The van der Waals surface area contributed by atoms with Crippen molar-refractivity contribution in [2.24, 2.45) is 5.73 Å². The smallest absolute Gasteiger partial charge is 0.128 e. The molecule has 0 aliphatic heterocycles. The molecule has 0 unspecified atom stereocenters. The lowest BCUT2D eigenvalue weighted by atomic mass is 10.00. The number of fused-ring (bicyclic) bond motifs is 1. The Balaban J connectivity index is 1.73.